The summed E-state index contributed by atoms with van der Waals surface area (Å²) in [6.45, 7) is 4.33. The SMILES string of the molecule is Cc1cc(OCC=C(Cl)Cl)c2cccc(C)c2n1. The number of nitrogens with zero attached hydrogens (tertiary/aromatic N) is 1. The molecule has 0 spiro atoms. The van der Waals surface area contributed by atoms with Crippen LogP contribution in [0.2, 0.25) is 0 Å². The summed E-state index contributed by atoms with van der Waals surface area (Å²) in [7, 11) is 0. The molecule has 18 heavy (non-hydrogen) atoms. The van der Waals surface area contributed by atoms with E-state index in [1.54, 1.807) is 6.08 Å². The predicted molar refractivity (Wildman–Crippen MR) is 76.5 cm³/mol. The Morgan fingerprint density at radius 1 is 1.33 bits per heavy atom. The van der Waals surface area contributed by atoms with Gasteiger partial charge in [-0.2, -0.15) is 0 Å². The van der Waals surface area contributed by atoms with E-state index in [0.717, 1.165) is 27.9 Å². The van der Waals surface area contributed by atoms with E-state index in [4.69, 9.17) is 27.9 Å². The van der Waals surface area contributed by atoms with Crippen molar-refractivity contribution in [3.8, 4) is 5.75 Å². The van der Waals surface area contributed by atoms with Crippen LogP contribution < -0.4 is 4.74 Å². The Kier molecular flexibility index (Phi) is 4.10. The van der Waals surface area contributed by atoms with Gasteiger partial charge in [0.2, 0.25) is 0 Å². The van der Waals surface area contributed by atoms with E-state index in [1.165, 1.54) is 0 Å². The van der Waals surface area contributed by atoms with Crippen molar-refractivity contribution in [3.05, 3.63) is 46.1 Å². The van der Waals surface area contributed by atoms with Crippen LogP contribution in [0.5, 0.6) is 5.75 Å². The van der Waals surface area contributed by atoms with Crippen molar-refractivity contribution in [3.63, 3.8) is 0 Å². The molecule has 2 nitrogen and oxygen atoms in total. The van der Waals surface area contributed by atoms with Gasteiger partial charge in [-0.15, -0.1) is 0 Å². The van der Waals surface area contributed by atoms with Gasteiger partial charge in [-0.05, 0) is 31.6 Å². The second-order valence-electron chi connectivity index (χ2n) is 4.04. The van der Waals surface area contributed by atoms with Crippen molar-refractivity contribution >= 4 is 34.1 Å². The lowest BCUT2D eigenvalue weighted by Gasteiger charge is -2.10. The standard InChI is InChI=1S/C14H13Cl2NO/c1-9-4-3-5-11-12(18-7-6-13(15)16)8-10(2)17-14(9)11/h3-6,8H,7H2,1-2H3. The fourth-order valence-electron chi connectivity index (χ4n) is 1.80. The Labute approximate surface area is 116 Å². The van der Waals surface area contributed by atoms with Crippen LogP contribution in [0.4, 0.5) is 0 Å². The number of hydrogen-bond acceptors (Lipinski definition) is 2. The zero-order chi connectivity index (χ0) is 13.1. The predicted octanol–water partition coefficient (Wildman–Crippen LogP) is 4.55. The van der Waals surface area contributed by atoms with Gasteiger partial charge in [-0.25, -0.2) is 0 Å². The maximum Gasteiger partial charge on any atom is 0.130 e. The van der Waals surface area contributed by atoms with Gasteiger partial charge >= 0.3 is 0 Å². The molecule has 0 amide bonds. The van der Waals surface area contributed by atoms with Crippen molar-refractivity contribution in [1.29, 1.82) is 0 Å². The minimum absolute atomic E-state index is 0.210. The molecule has 0 unspecified atom stereocenters. The van der Waals surface area contributed by atoms with Gasteiger partial charge in [-0.3, -0.25) is 4.98 Å². The van der Waals surface area contributed by atoms with E-state index in [9.17, 15) is 0 Å². The molecule has 1 aromatic carbocycles. The van der Waals surface area contributed by atoms with Gasteiger partial charge < -0.3 is 4.74 Å². The van der Waals surface area contributed by atoms with E-state index in [-0.39, 0.29) is 4.49 Å². The summed E-state index contributed by atoms with van der Waals surface area (Å²) in [6, 6.07) is 7.94. The van der Waals surface area contributed by atoms with Gasteiger partial charge in [0, 0.05) is 17.1 Å². The first-order chi connectivity index (χ1) is 8.58. The third-order valence-electron chi connectivity index (χ3n) is 2.61. The van der Waals surface area contributed by atoms with Crippen LogP contribution in [0.25, 0.3) is 10.9 Å². The van der Waals surface area contributed by atoms with Crippen molar-refractivity contribution in [1.82, 2.24) is 4.98 Å². The summed E-state index contributed by atoms with van der Waals surface area (Å²) in [6.07, 6.45) is 1.61. The highest BCUT2D eigenvalue weighted by atomic mass is 35.5. The molecule has 2 rings (SSSR count). The van der Waals surface area contributed by atoms with E-state index >= 15 is 0 Å². The van der Waals surface area contributed by atoms with Gasteiger partial charge in [0.1, 0.15) is 16.8 Å². The van der Waals surface area contributed by atoms with E-state index in [0.29, 0.717) is 6.61 Å². The van der Waals surface area contributed by atoms with Crippen molar-refractivity contribution < 1.29 is 4.74 Å². The Morgan fingerprint density at radius 2 is 2.11 bits per heavy atom. The number of benzene rings is 1. The minimum atomic E-state index is 0.210. The number of para-hydroxylation sites is 1. The number of aromatic nitrogens is 1. The molecule has 0 aliphatic heterocycles. The number of hydrogen-bond donors (Lipinski definition) is 0. The molecular weight excluding hydrogens is 269 g/mol. The smallest absolute Gasteiger partial charge is 0.130 e. The third-order valence-corrected chi connectivity index (χ3v) is 2.92. The summed E-state index contributed by atoms with van der Waals surface area (Å²) in [5.41, 5.74) is 3.02. The average Bonchev–Trinajstić information content (AvgIpc) is 2.30. The van der Waals surface area contributed by atoms with Crippen molar-refractivity contribution in [2.24, 2.45) is 0 Å². The van der Waals surface area contributed by atoms with E-state index in [2.05, 4.69) is 4.98 Å². The van der Waals surface area contributed by atoms with Crippen LogP contribution in [-0.2, 0) is 0 Å². The Hall–Kier alpha value is -1.25. The van der Waals surface area contributed by atoms with Crippen molar-refractivity contribution in [2.75, 3.05) is 6.61 Å². The van der Waals surface area contributed by atoms with Crippen LogP contribution in [0.3, 0.4) is 0 Å². The van der Waals surface area contributed by atoms with Gasteiger partial charge in [0.15, 0.2) is 0 Å². The van der Waals surface area contributed by atoms with Gasteiger partial charge in [-0.1, -0.05) is 35.3 Å². The molecule has 0 aliphatic rings. The normalized spacial score (nSPS) is 10.4. The highest BCUT2D eigenvalue weighted by Crippen LogP contribution is 2.27. The Morgan fingerprint density at radius 3 is 2.83 bits per heavy atom. The number of halogens is 2. The third kappa shape index (κ3) is 2.95. The molecule has 1 aromatic heterocycles. The largest absolute Gasteiger partial charge is 0.489 e. The van der Waals surface area contributed by atoms with Crippen molar-refractivity contribution in [2.45, 2.75) is 13.8 Å². The zero-order valence-corrected chi connectivity index (χ0v) is 11.7. The first kappa shape index (κ1) is 13.2. The lowest BCUT2D eigenvalue weighted by molar-refractivity contribution is 0.366. The highest BCUT2D eigenvalue weighted by molar-refractivity contribution is 6.55. The van der Waals surface area contributed by atoms with Crippen LogP contribution in [0.15, 0.2) is 34.8 Å². The fourth-order valence-corrected chi connectivity index (χ4v) is 1.92. The molecule has 0 N–H and O–H groups in total. The first-order valence-electron chi connectivity index (χ1n) is 5.59. The summed E-state index contributed by atoms with van der Waals surface area (Å²) < 4.78 is 5.89. The van der Waals surface area contributed by atoms with Gasteiger partial charge in [0.25, 0.3) is 0 Å². The molecule has 94 valence electrons. The average molecular weight is 282 g/mol. The topological polar surface area (TPSA) is 22.1 Å². The molecule has 0 atom stereocenters. The summed E-state index contributed by atoms with van der Waals surface area (Å²) in [5.74, 6) is 0.798. The fraction of sp³-hybridized carbons (Fsp3) is 0.214. The quantitative estimate of drug-likeness (QED) is 0.824. The number of rotatable bonds is 3. The second-order valence-corrected chi connectivity index (χ2v) is 5.05. The monoisotopic (exact) mass is 281 g/mol. The second kappa shape index (κ2) is 5.59. The number of pyridine rings is 1. The molecule has 0 radical (unpaired) electrons. The summed E-state index contributed by atoms with van der Waals surface area (Å²) >= 11 is 11.1. The zero-order valence-electron chi connectivity index (χ0n) is 10.2. The minimum Gasteiger partial charge on any atom is -0.489 e. The van der Waals surface area contributed by atoms with Crippen LogP contribution in [0, 0.1) is 13.8 Å². The highest BCUT2D eigenvalue weighted by Gasteiger charge is 2.06. The molecule has 0 bridgehead atoms. The summed E-state index contributed by atoms with van der Waals surface area (Å²) in [4.78, 5) is 4.53. The number of fused-ring (bicyclic) bond motifs is 1. The Balaban J connectivity index is 2.43. The van der Waals surface area contributed by atoms with E-state index in [1.807, 2.05) is 38.1 Å². The molecule has 0 saturated carbocycles. The Bertz CT molecular complexity index is 604. The maximum absolute atomic E-state index is 5.68. The van der Waals surface area contributed by atoms with Crippen LogP contribution in [-0.4, -0.2) is 11.6 Å². The molecular formula is C14H13Cl2NO. The summed E-state index contributed by atoms with van der Waals surface area (Å²) in [5, 5.41) is 1.000. The van der Waals surface area contributed by atoms with Crippen LogP contribution in [0.1, 0.15) is 11.3 Å². The maximum atomic E-state index is 5.68. The first-order valence-corrected chi connectivity index (χ1v) is 6.34. The molecule has 0 saturated heterocycles. The molecule has 2 aromatic rings. The van der Waals surface area contributed by atoms with Gasteiger partial charge in [0.05, 0.1) is 5.52 Å². The molecule has 0 fully saturated rings. The number of ether oxygens (including phenoxy) is 1. The molecule has 1 heterocycles. The lowest BCUT2D eigenvalue weighted by Crippen LogP contribution is -1.97. The van der Waals surface area contributed by atoms with Crippen LogP contribution >= 0.6 is 23.2 Å². The molecule has 0 aliphatic carbocycles. The van der Waals surface area contributed by atoms with E-state index < -0.39 is 0 Å². The lowest BCUT2D eigenvalue weighted by atomic mass is 10.1. The number of aryl methyl sites for hydroxylation is 2. The molecule has 4 heteroatoms.